The third-order valence-electron chi connectivity index (χ3n) is 2.38. The monoisotopic (exact) mass is 163 g/mol. The first-order valence-electron chi connectivity index (χ1n) is 4.33. The fourth-order valence-electron chi connectivity index (χ4n) is 1.46. The molecular weight excluding hydrogens is 150 g/mol. The standard InChI is InChI=1S/C9H13N3/c1-7-4-6-12(7)9-3-5-10-8(2)11-9/h3,5,7H,4,6H2,1-2H3. The Hall–Kier alpha value is -1.12. The maximum atomic E-state index is 4.36. The Balaban J connectivity index is 2.22. The summed E-state index contributed by atoms with van der Waals surface area (Å²) in [6.45, 7) is 5.28. The molecule has 0 bridgehead atoms. The third-order valence-corrected chi connectivity index (χ3v) is 2.38. The second kappa shape index (κ2) is 2.73. The van der Waals surface area contributed by atoms with Crippen molar-refractivity contribution in [3.05, 3.63) is 18.1 Å². The molecule has 2 heterocycles. The van der Waals surface area contributed by atoms with E-state index in [1.165, 1.54) is 6.42 Å². The molecule has 2 rings (SSSR count). The number of hydrogen-bond acceptors (Lipinski definition) is 3. The van der Waals surface area contributed by atoms with Gasteiger partial charge in [-0.1, -0.05) is 0 Å². The Morgan fingerprint density at radius 1 is 1.58 bits per heavy atom. The van der Waals surface area contributed by atoms with Crippen LogP contribution in [0.4, 0.5) is 5.82 Å². The summed E-state index contributed by atoms with van der Waals surface area (Å²) in [5.41, 5.74) is 0. The van der Waals surface area contributed by atoms with Gasteiger partial charge in [-0.05, 0) is 26.3 Å². The van der Waals surface area contributed by atoms with Gasteiger partial charge >= 0.3 is 0 Å². The van der Waals surface area contributed by atoms with E-state index in [-0.39, 0.29) is 0 Å². The van der Waals surface area contributed by atoms with Crippen LogP contribution in [0.25, 0.3) is 0 Å². The minimum Gasteiger partial charge on any atom is -0.354 e. The lowest BCUT2D eigenvalue weighted by Gasteiger charge is -2.39. The zero-order valence-corrected chi connectivity index (χ0v) is 7.49. The number of aryl methyl sites for hydroxylation is 1. The van der Waals surface area contributed by atoms with Gasteiger partial charge in [0.25, 0.3) is 0 Å². The molecule has 0 amide bonds. The normalized spacial score (nSPS) is 22.2. The molecule has 0 saturated carbocycles. The Labute approximate surface area is 72.4 Å². The quantitative estimate of drug-likeness (QED) is 0.626. The van der Waals surface area contributed by atoms with Crippen LogP contribution in [0.2, 0.25) is 0 Å². The second-order valence-corrected chi connectivity index (χ2v) is 3.29. The summed E-state index contributed by atoms with van der Waals surface area (Å²) in [4.78, 5) is 10.7. The number of rotatable bonds is 1. The molecule has 0 spiro atoms. The molecule has 0 aromatic carbocycles. The van der Waals surface area contributed by atoms with Gasteiger partial charge in [0.15, 0.2) is 0 Å². The lowest BCUT2D eigenvalue weighted by atomic mass is 10.1. The van der Waals surface area contributed by atoms with Gasteiger partial charge in [0.05, 0.1) is 0 Å². The van der Waals surface area contributed by atoms with E-state index >= 15 is 0 Å². The fraction of sp³-hybridized carbons (Fsp3) is 0.556. The number of anilines is 1. The van der Waals surface area contributed by atoms with Gasteiger partial charge in [0.1, 0.15) is 11.6 Å². The van der Waals surface area contributed by atoms with Crippen molar-refractivity contribution in [3.63, 3.8) is 0 Å². The number of aromatic nitrogens is 2. The molecule has 64 valence electrons. The van der Waals surface area contributed by atoms with E-state index in [0.29, 0.717) is 6.04 Å². The number of nitrogens with zero attached hydrogens (tertiary/aromatic N) is 3. The summed E-state index contributed by atoms with van der Waals surface area (Å²) in [7, 11) is 0. The van der Waals surface area contributed by atoms with Gasteiger partial charge in [-0.15, -0.1) is 0 Å². The smallest absolute Gasteiger partial charge is 0.132 e. The fourth-order valence-corrected chi connectivity index (χ4v) is 1.46. The average Bonchev–Trinajstić information content (AvgIpc) is 2.02. The highest BCUT2D eigenvalue weighted by Gasteiger charge is 2.24. The molecular formula is C9H13N3. The molecule has 1 fully saturated rings. The molecule has 1 aliphatic heterocycles. The van der Waals surface area contributed by atoms with E-state index in [9.17, 15) is 0 Å². The number of hydrogen-bond donors (Lipinski definition) is 0. The summed E-state index contributed by atoms with van der Waals surface area (Å²) < 4.78 is 0. The van der Waals surface area contributed by atoms with Crippen LogP contribution in [-0.4, -0.2) is 22.6 Å². The van der Waals surface area contributed by atoms with Crippen LogP contribution in [0, 0.1) is 6.92 Å². The molecule has 0 radical (unpaired) electrons. The highest BCUT2D eigenvalue weighted by molar-refractivity contribution is 5.41. The summed E-state index contributed by atoms with van der Waals surface area (Å²) in [5.74, 6) is 1.92. The van der Waals surface area contributed by atoms with Gasteiger partial charge in [0, 0.05) is 18.8 Å². The molecule has 1 atom stereocenters. The van der Waals surface area contributed by atoms with Crippen LogP contribution < -0.4 is 4.90 Å². The van der Waals surface area contributed by atoms with Crippen molar-refractivity contribution >= 4 is 5.82 Å². The Kier molecular flexibility index (Phi) is 1.71. The van der Waals surface area contributed by atoms with Crippen molar-refractivity contribution in [1.29, 1.82) is 0 Å². The summed E-state index contributed by atoms with van der Waals surface area (Å²) in [5, 5.41) is 0. The maximum absolute atomic E-state index is 4.36. The molecule has 12 heavy (non-hydrogen) atoms. The van der Waals surface area contributed by atoms with E-state index in [1.807, 2.05) is 19.2 Å². The SMILES string of the molecule is Cc1nccc(N2CCC2C)n1. The third kappa shape index (κ3) is 1.15. The van der Waals surface area contributed by atoms with Crippen molar-refractivity contribution in [2.24, 2.45) is 0 Å². The van der Waals surface area contributed by atoms with Crippen LogP contribution in [0.3, 0.4) is 0 Å². The first kappa shape index (κ1) is 7.53. The molecule has 1 unspecified atom stereocenters. The zero-order chi connectivity index (χ0) is 8.55. The minimum atomic E-state index is 0.652. The predicted octanol–water partition coefficient (Wildman–Crippen LogP) is 1.38. The Morgan fingerprint density at radius 3 is 2.92 bits per heavy atom. The molecule has 0 aliphatic carbocycles. The van der Waals surface area contributed by atoms with Gasteiger partial charge in [-0.2, -0.15) is 0 Å². The summed E-state index contributed by atoms with van der Waals surface area (Å²) >= 11 is 0. The first-order chi connectivity index (χ1) is 5.77. The van der Waals surface area contributed by atoms with E-state index in [0.717, 1.165) is 18.2 Å². The largest absolute Gasteiger partial charge is 0.354 e. The molecule has 1 aromatic heterocycles. The highest BCUT2D eigenvalue weighted by atomic mass is 15.3. The molecule has 0 N–H and O–H groups in total. The molecule has 1 aromatic rings. The van der Waals surface area contributed by atoms with Crippen LogP contribution in [0.5, 0.6) is 0 Å². The zero-order valence-electron chi connectivity index (χ0n) is 7.49. The van der Waals surface area contributed by atoms with E-state index in [2.05, 4.69) is 21.8 Å². The van der Waals surface area contributed by atoms with E-state index in [1.54, 1.807) is 0 Å². The van der Waals surface area contributed by atoms with Crippen molar-refractivity contribution in [2.75, 3.05) is 11.4 Å². The molecule has 3 heteroatoms. The van der Waals surface area contributed by atoms with Gasteiger partial charge in [-0.25, -0.2) is 9.97 Å². The average molecular weight is 163 g/mol. The molecule has 3 nitrogen and oxygen atoms in total. The lowest BCUT2D eigenvalue weighted by molar-refractivity contribution is 0.475. The van der Waals surface area contributed by atoms with Crippen molar-refractivity contribution in [1.82, 2.24) is 9.97 Å². The van der Waals surface area contributed by atoms with E-state index in [4.69, 9.17) is 0 Å². The van der Waals surface area contributed by atoms with Crippen molar-refractivity contribution in [3.8, 4) is 0 Å². The Morgan fingerprint density at radius 2 is 2.42 bits per heavy atom. The van der Waals surface area contributed by atoms with Crippen molar-refractivity contribution in [2.45, 2.75) is 26.3 Å². The van der Waals surface area contributed by atoms with Gasteiger partial charge in [-0.3, -0.25) is 0 Å². The van der Waals surface area contributed by atoms with Crippen LogP contribution in [0.15, 0.2) is 12.3 Å². The molecule has 1 saturated heterocycles. The highest BCUT2D eigenvalue weighted by Crippen LogP contribution is 2.23. The topological polar surface area (TPSA) is 29.0 Å². The lowest BCUT2D eigenvalue weighted by Crippen LogP contribution is -2.46. The summed E-state index contributed by atoms with van der Waals surface area (Å²) in [6, 6.07) is 2.63. The van der Waals surface area contributed by atoms with Gasteiger partial charge < -0.3 is 4.90 Å². The first-order valence-corrected chi connectivity index (χ1v) is 4.33. The van der Waals surface area contributed by atoms with Crippen molar-refractivity contribution < 1.29 is 0 Å². The van der Waals surface area contributed by atoms with Crippen LogP contribution >= 0.6 is 0 Å². The van der Waals surface area contributed by atoms with Gasteiger partial charge in [0.2, 0.25) is 0 Å². The predicted molar refractivity (Wildman–Crippen MR) is 48.2 cm³/mol. The molecule has 1 aliphatic rings. The van der Waals surface area contributed by atoms with E-state index < -0.39 is 0 Å². The van der Waals surface area contributed by atoms with Crippen LogP contribution in [0.1, 0.15) is 19.2 Å². The van der Waals surface area contributed by atoms with Crippen LogP contribution in [-0.2, 0) is 0 Å². The minimum absolute atomic E-state index is 0.652. The second-order valence-electron chi connectivity index (χ2n) is 3.29. The summed E-state index contributed by atoms with van der Waals surface area (Å²) in [6.07, 6.45) is 3.10. The Bertz CT molecular complexity index is 285. The maximum Gasteiger partial charge on any atom is 0.132 e.